The largest absolute Gasteiger partial charge is 0.497 e. The molecule has 0 radical (unpaired) electrons. The third-order valence-corrected chi connectivity index (χ3v) is 5.72. The van der Waals surface area contributed by atoms with Crippen molar-refractivity contribution >= 4 is 6.03 Å². The van der Waals surface area contributed by atoms with Crippen molar-refractivity contribution in [2.24, 2.45) is 0 Å². The van der Waals surface area contributed by atoms with Crippen LogP contribution in [0.4, 0.5) is 4.79 Å². The highest BCUT2D eigenvalue weighted by molar-refractivity contribution is 5.74. The molecule has 2 N–H and O–H groups in total. The normalized spacial score (nSPS) is 19.4. The average Bonchev–Trinajstić information content (AvgIpc) is 3.35. The molecule has 0 spiro atoms. The summed E-state index contributed by atoms with van der Waals surface area (Å²) in [5.41, 5.74) is 1.02. The van der Waals surface area contributed by atoms with Crippen LogP contribution in [-0.4, -0.2) is 56.9 Å². The van der Waals surface area contributed by atoms with Gasteiger partial charge in [0.2, 0.25) is 0 Å². The lowest BCUT2D eigenvalue weighted by Gasteiger charge is -2.25. The van der Waals surface area contributed by atoms with E-state index in [1.807, 2.05) is 36.4 Å². The molecule has 178 valence electrons. The number of rotatable bonds is 10. The lowest BCUT2D eigenvalue weighted by atomic mass is 10.1. The van der Waals surface area contributed by atoms with E-state index in [1.165, 1.54) is 12.8 Å². The Labute approximate surface area is 197 Å². The first kappa shape index (κ1) is 24.5. The van der Waals surface area contributed by atoms with E-state index < -0.39 is 0 Å². The maximum atomic E-state index is 12.6. The highest BCUT2D eigenvalue weighted by Gasteiger charge is 2.20. The number of methoxy groups -OCH3 is 1. The number of hydrogen-bond donors (Lipinski definition) is 2. The number of benzene rings is 1. The van der Waals surface area contributed by atoms with Crippen LogP contribution in [0, 0.1) is 12.3 Å². The molecule has 2 aliphatic rings. The maximum Gasteiger partial charge on any atom is 0.315 e. The summed E-state index contributed by atoms with van der Waals surface area (Å²) in [7, 11) is 1.64. The van der Waals surface area contributed by atoms with Crippen LogP contribution in [0.2, 0.25) is 0 Å². The van der Waals surface area contributed by atoms with Gasteiger partial charge in [-0.05, 0) is 68.6 Å². The molecular formula is C26H35N3O4. The fourth-order valence-corrected chi connectivity index (χ4v) is 3.98. The number of nitrogens with one attached hydrogen (secondary N) is 2. The van der Waals surface area contributed by atoms with Gasteiger partial charge in [-0.3, -0.25) is 0 Å². The Kier molecular flexibility index (Phi) is 9.99. The third-order valence-electron chi connectivity index (χ3n) is 5.72. The highest BCUT2D eigenvalue weighted by atomic mass is 16.6. The summed E-state index contributed by atoms with van der Waals surface area (Å²) in [6.07, 6.45) is 13.8. The molecule has 33 heavy (non-hydrogen) atoms. The molecular weight excluding hydrogens is 418 g/mol. The highest BCUT2D eigenvalue weighted by Crippen LogP contribution is 2.20. The Balaban J connectivity index is 1.53. The van der Waals surface area contributed by atoms with Crippen molar-refractivity contribution in [2.45, 2.75) is 44.7 Å². The van der Waals surface area contributed by atoms with E-state index in [1.54, 1.807) is 7.11 Å². The summed E-state index contributed by atoms with van der Waals surface area (Å²) in [6.45, 7) is 4.54. The number of amides is 2. The van der Waals surface area contributed by atoms with Crippen molar-refractivity contribution < 1.29 is 19.0 Å². The zero-order chi connectivity index (χ0) is 23.3. The average molecular weight is 454 g/mol. The van der Waals surface area contributed by atoms with Gasteiger partial charge in [0.1, 0.15) is 19.0 Å². The van der Waals surface area contributed by atoms with E-state index in [-0.39, 0.29) is 12.1 Å². The molecule has 2 aliphatic heterocycles. The van der Waals surface area contributed by atoms with Crippen molar-refractivity contribution in [3.05, 3.63) is 53.5 Å². The topological polar surface area (TPSA) is 72.1 Å². The number of carbonyl (C=O) groups is 1. The van der Waals surface area contributed by atoms with Crippen LogP contribution in [0.5, 0.6) is 5.75 Å². The molecule has 1 aromatic carbocycles. The number of nitrogens with zero attached hydrogens (tertiary/aromatic N) is 1. The summed E-state index contributed by atoms with van der Waals surface area (Å²) >= 11 is 0. The maximum absolute atomic E-state index is 12.6. The predicted octanol–water partition coefficient (Wildman–Crippen LogP) is 3.58. The zero-order valence-electron chi connectivity index (χ0n) is 19.5. The molecule has 2 saturated heterocycles. The molecule has 2 amide bonds. The Morgan fingerprint density at radius 3 is 2.55 bits per heavy atom. The second-order valence-corrected chi connectivity index (χ2v) is 8.20. The lowest BCUT2D eigenvalue weighted by molar-refractivity contribution is 0.0585. The number of likely N-dealkylation sites (tertiary alicyclic amines) is 1. The Hall–Kier alpha value is -3.11. The standard InChI is InChI=1S/C26H35N3O4/c1-3-4-9-24-25(33-18-17-32-24)10-7-8-22(20-29-15-5-6-16-29)28-26(30)27-19-21-11-13-23(31-2)14-12-21/h1,9-14,22H,4-8,15-20H2,2H3,(H2,27,28,30)/b24-9+,25-10+. The number of allylic oxidation sites excluding steroid dienone is 2. The number of hydrogen-bond acceptors (Lipinski definition) is 5. The van der Waals surface area contributed by atoms with Gasteiger partial charge in [0.15, 0.2) is 11.5 Å². The van der Waals surface area contributed by atoms with Gasteiger partial charge in [-0.25, -0.2) is 4.79 Å². The molecule has 1 unspecified atom stereocenters. The molecule has 3 rings (SSSR count). The Bertz CT molecular complexity index is 851. The smallest absolute Gasteiger partial charge is 0.315 e. The molecule has 0 aromatic heterocycles. The molecule has 7 nitrogen and oxygen atoms in total. The van der Waals surface area contributed by atoms with E-state index in [9.17, 15) is 4.79 Å². The summed E-state index contributed by atoms with van der Waals surface area (Å²) in [6, 6.07) is 7.56. The Morgan fingerprint density at radius 1 is 1.18 bits per heavy atom. The Morgan fingerprint density at radius 2 is 1.88 bits per heavy atom. The van der Waals surface area contributed by atoms with Crippen molar-refractivity contribution in [3.8, 4) is 18.1 Å². The monoisotopic (exact) mass is 453 g/mol. The number of terminal acetylenes is 1. The molecule has 0 bridgehead atoms. The lowest BCUT2D eigenvalue weighted by Crippen LogP contribution is -2.47. The number of ether oxygens (including phenoxy) is 3. The van der Waals surface area contributed by atoms with Crippen LogP contribution >= 0.6 is 0 Å². The van der Waals surface area contributed by atoms with Gasteiger partial charge in [0, 0.05) is 25.6 Å². The first-order valence-corrected chi connectivity index (χ1v) is 11.7. The first-order valence-electron chi connectivity index (χ1n) is 11.7. The first-order chi connectivity index (χ1) is 16.2. The van der Waals surface area contributed by atoms with Crippen molar-refractivity contribution in [1.29, 1.82) is 0 Å². The summed E-state index contributed by atoms with van der Waals surface area (Å²) in [4.78, 5) is 15.0. The van der Waals surface area contributed by atoms with Crippen LogP contribution in [0.25, 0.3) is 0 Å². The van der Waals surface area contributed by atoms with Gasteiger partial charge >= 0.3 is 6.03 Å². The predicted molar refractivity (Wildman–Crippen MR) is 129 cm³/mol. The number of urea groups is 1. The van der Waals surface area contributed by atoms with Gasteiger partial charge in [0.05, 0.1) is 7.11 Å². The summed E-state index contributed by atoms with van der Waals surface area (Å²) < 4.78 is 16.6. The molecule has 1 atom stereocenters. The van der Waals surface area contributed by atoms with Crippen molar-refractivity contribution in [3.63, 3.8) is 0 Å². The van der Waals surface area contributed by atoms with Crippen molar-refractivity contribution in [2.75, 3.05) is 40.0 Å². The molecule has 2 fully saturated rings. The van der Waals surface area contributed by atoms with Crippen LogP contribution in [0.1, 0.15) is 37.7 Å². The van der Waals surface area contributed by atoms with E-state index in [4.69, 9.17) is 20.6 Å². The van der Waals surface area contributed by atoms with E-state index >= 15 is 0 Å². The number of carbonyl (C=O) groups excluding carboxylic acids is 1. The van der Waals surface area contributed by atoms with Crippen LogP contribution in [0.3, 0.4) is 0 Å². The van der Waals surface area contributed by atoms with E-state index in [0.29, 0.717) is 31.9 Å². The summed E-state index contributed by atoms with van der Waals surface area (Å²) in [5, 5.41) is 6.13. The molecule has 0 saturated carbocycles. The van der Waals surface area contributed by atoms with E-state index in [0.717, 1.165) is 49.5 Å². The van der Waals surface area contributed by atoms with Gasteiger partial charge in [-0.15, -0.1) is 12.3 Å². The molecule has 0 aliphatic carbocycles. The van der Waals surface area contributed by atoms with Crippen LogP contribution in [0.15, 0.2) is 47.9 Å². The second kappa shape index (κ2) is 13.4. The second-order valence-electron chi connectivity index (χ2n) is 8.20. The molecule has 1 aromatic rings. The zero-order valence-corrected chi connectivity index (χ0v) is 19.5. The molecule has 7 heteroatoms. The summed E-state index contributed by atoms with van der Waals surface area (Å²) in [5.74, 6) is 4.84. The van der Waals surface area contributed by atoms with Gasteiger partial charge < -0.3 is 29.7 Å². The minimum Gasteiger partial charge on any atom is -0.497 e. The van der Waals surface area contributed by atoms with E-state index in [2.05, 4.69) is 21.5 Å². The van der Waals surface area contributed by atoms with Gasteiger partial charge in [0.25, 0.3) is 0 Å². The van der Waals surface area contributed by atoms with Crippen molar-refractivity contribution in [1.82, 2.24) is 15.5 Å². The van der Waals surface area contributed by atoms with Gasteiger partial charge in [-0.2, -0.15) is 0 Å². The quantitative estimate of drug-likeness (QED) is 0.530. The molecule has 2 heterocycles. The minimum atomic E-state index is -0.158. The van der Waals surface area contributed by atoms with Crippen LogP contribution < -0.4 is 15.4 Å². The fourth-order valence-electron chi connectivity index (χ4n) is 3.98. The SMILES string of the molecule is C#CC/C=C1/OCCO/C1=C/CCC(CN1CCCC1)NC(=O)NCc1ccc(OC)cc1. The van der Waals surface area contributed by atoms with Crippen LogP contribution in [-0.2, 0) is 16.0 Å². The minimum absolute atomic E-state index is 0.0402. The van der Waals surface area contributed by atoms with Gasteiger partial charge in [-0.1, -0.05) is 12.1 Å². The third kappa shape index (κ3) is 8.39. The fraction of sp³-hybridized carbons (Fsp3) is 0.500.